The number of benzene rings is 1. The summed E-state index contributed by atoms with van der Waals surface area (Å²) in [6.45, 7) is 10.3. The van der Waals surface area contributed by atoms with Crippen molar-refractivity contribution < 1.29 is 0 Å². The van der Waals surface area contributed by atoms with Gasteiger partial charge in [0.05, 0.1) is 5.69 Å². The second-order valence-electron chi connectivity index (χ2n) is 4.72. The highest BCUT2D eigenvalue weighted by molar-refractivity contribution is 5.60. The number of nitrogens with zero attached hydrogens (tertiary/aromatic N) is 1. The highest BCUT2D eigenvalue weighted by Gasteiger charge is 2.01. The number of hydrogen-bond donors (Lipinski definition) is 0. The summed E-state index contributed by atoms with van der Waals surface area (Å²) < 4.78 is 0. The lowest BCUT2D eigenvalue weighted by molar-refractivity contribution is 1.16. The van der Waals surface area contributed by atoms with Gasteiger partial charge in [0, 0.05) is 16.5 Å². The van der Waals surface area contributed by atoms with E-state index in [9.17, 15) is 0 Å². The van der Waals surface area contributed by atoms with Crippen LogP contribution in [0.3, 0.4) is 0 Å². The standard InChI is InChI=1S/C18H19N/c1-5-6-7-17-14(3)12-18(19-15(17)4)16-10-8-13(2)9-11-16/h5-12H,3H2,1-2,4H3/b6-5-,17-7+. The molecule has 1 aromatic carbocycles. The molecule has 0 spiro atoms. The van der Waals surface area contributed by atoms with Crippen molar-refractivity contribution in [2.24, 2.45) is 0 Å². The molecule has 1 aromatic heterocycles. The molecule has 0 amide bonds. The number of allylic oxidation sites excluding steroid dienone is 2. The fourth-order valence-electron chi connectivity index (χ4n) is 2.04. The summed E-state index contributed by atoms with van der Waals surface area (Å²) in [7, 11) is 0. The van der Waals surface area contributed by atoms with Gasteiger partial charge in [-0.3, -0.25) is 4.98 Å². The molecule has 0 fully saturated rings. The third kappa shape index (κ3) is 3.00. The second kappa shape index (κ2) is 5.66. The fraction of sp³-hybridized carbons (Fsp3) is 0.167. The number of hydrogen-bond acceptors (Lipinski definition) is 1. The highest BCUT2D eigenvalue weighted by atomic mass is 14.7. The molecule has 0 unspecified atom stereocenters. The Hall–Kier alpha value is -2.15. The van der Waals surface area contributed by atoms with Crippen LogP contribution in [0.15, 0.2) is 42.5 Å². The Labute approximate surface area is 114 Å². The zero-order chi connectivity index (χ0) is 13.8. The average Bonchev–Trinajstić information content (AvgIpc) is 2.38. The topological polar surface area (TPSA) is 12.9 Å². The van der Waals surface area contributed by atoms with E-state index in [1.807, 2.05) is 32.1 Å². The Balaban J connectivity index is 2.57. The lowest BCUT2D eigenvalue weighted by Crippen LogP contribution is -2.27. The first-order chi connectivity index (χ1) is 9.11. The van der Waals surface area contributed by atoms with Crippen LogP contribution in [0.5, 0.6) is 0 Å². The highest BCUT2D eigenvalue weighted by Crippen LogP contribution is 2.15. The van der Waals surface area contributed by atoms with Crippen molar-refractivity contribution in [2.45, 2.75) is 20.8 Å². The van der Waals surface area contributed by atoms with E-state index in [0.29, 0.717) is 0 Å². The molecule has 0 aliphatic carbocycles. The molecule has 19 heavy (non-hydrogen) atoms. The van der Waals surface area contributed by atoms with Crippen LogP contribution in [0.2, 0.25) is 0 Å². The monoisotopic (exact) mass is 249 g/mol. The van der Waals surface area contributed by atoms with Crippen LogP contribution in [0, 0.1) is 13.8 Å². The maximum Gasteiger partial charge on any atom is 0.0711 e. The molecule has 0 bridgehead atoms. The molecule has 0 atom stereocenters. The molecule has 2 rings (SSSR count). The lowest BCUT2D eigenvalue weighted by Gasteiger charge is -2.04. The summed E-state index contributed by atoms with van der Waals surface area (Å²) in [6.07, 6.45) is 6.08. The lowest BCUT2D eigenvalue weighted by atomic mass is 10.1. The largest absolute Gasteiger partial charge is 0.252 e. The maximum atomic E-state index is 4.68. The van der Waals surface area contributed by atoms with Crippen LogP contribution in [0.4, 0.5) is 0 Å². The Morgan fingerprint density at radius 3 is 2.37 bits per heavy atom. The summed E-state index contributed by atoms with van der Waals surface area (Å²) in [5.41, 5.74) is 4.39. The van der Waals surface area contributed by atoms with Crippen LogP contribution >= 0.6 is 0 Å². The van der Waals surface area contributed by atoms with E-state index >= 15 is 0 Å². The fourth-order valence-corrected chi connectivity index (χ4v) is 2.04. The molecular formula is C18H19N. The van der Waals surface area contributed by atoms with E-state index in [-0.39, 0.29) is 0 Å². The number of aryl methyl sites for hydroxylation is 2. The van der Waals surface area contributed by atoms with Gasteiger partial charge in [-0.2, -0.15) is 0 Å². The van der Waals surface area contributed by atoms with Crippen LogP contribution < -0.4 is 10.4 Å². The van der Waals surface area contributed by atoms with Gasteiger partial charge in [0.1, 0.15) is 0 Å². The van der Waals surface area contributed by atoms with Gasteiger partial charge >= 0.3 is 0 Å². The first kappa shape index (κ1) is 13.3. The van der Waals surface area contributed by atoms with Crippen molar-refractivity contribution in [1.29, 1.82) is 0 Å². The zero-order valence-electron chi connectivity index (χ0n) is 11.8. The van der Waals surface area contributed by atoms with Gasteiger partial charge in [-0.05, 0) is 32.1 Å². The number of aromatic nitrogens is 1. The van der Waals surface area contributed by atoms with Gasteiger partial charge < -0.3 is 0 Å². The molecule has 0 N–H and O–H groups in total. The number of rotatable bonds is 2. The maximum absolute atomic E-state index is 4.68. The normalized spacial score (nSPS) is 12.3. The predicted molar refractivity (Wildman–Crippen MR) is 83.2 cm³/mol. The van der Waals surface area contributed by atoms with Crippen molar-refractivity contribution >= 4 is 12.7 Å². The van der Waals surface area contributed by atoms with Crippen molar-refractivity contribution in [3.05, 3.63) is 64.2 Å². The van der Waals surface area contributed by atoms with Gasteiger partial charge in [0.2, 0.25) is 0 Å². The van der Waals surface area contributed by atoms with E-state index < -0.39 is 0 Å². The minimum Gasteiger partial charge on any atom is -0.252 e. The second-order valence-corrected chi connectivity index (χ2v) is 4.72. The van der Waals surface area contributed by atoms with Crippen LogP contribution in [0.25, 0.3) is 23.9 Å². The Kier molecular flexibility index (Phi) is 3.96. The van der Waals surface area contributed by atoms with Crippen molar-refractivity contribution in [1.82, 2.24) is 4.98 Å². The van der Waals surface area contributed by atoms with Gasteiger partial charge in [-0.15, -0.1) is 0 Å². The summed E-state index contributed by atoms with van der Waals surface area (Å²) in [6, 6.07) is 10.5. The van der Waals surface area contributed by atoms with Crippen molar-refractivity contribution in [3.8, 4) is 11.3 Å². The van der Waals surface area contributed by atoms with Crippen LogP contribution in [-0.2, 0) is 0 Å². The molecule has 96 valence electrons. The van der Waals surface area contributed by atoms with E-state index in [4.69, 9.17) is 0 Å². The molecule has 1 heterocycles. The smallest absolute Gasteiger partial charge is 0.0711 e. The van der Waals surface area contributed by atoms with E-state index in [1.54, 1.807) is 0 Å². The Bertz CT molecular complexity index is 707. The van der Waals surface area contributed by atoms with E-state index in [1.165, 1.54) is 5.56 Å². The molecule has 0 saturated heterocycles. The van der Waals surface area contributed by atoms with Crippen LogP contribution in [-0.4, -0.2) is 4.98 Å². The summed E-state index contributed by atoms with van der Waals surface area (Å²) >= 11 is 0. The Morgan fingerprint density at radius 1 is 1.11 bits per heavy atom. The number of pyridine rings is 1. The van der Waals surface area contributed by atoms with Crippen molar-refractivity contribution in [2.75, 3.05) is 0 Å². The molecule has 0 aliphatic heterocycles. The average molecular weight is 249 g/mol. The van der Waals surface area contributed by atoms with Gasteiger partial charge in [0.15, 0.2) is 0 Å². The SMILES string of the molecule is C=c1cc(-c2ccc(C)cc2)nc(C)/c1=C/C=C\C. The first-order valence-corrected chi connectivity index (χ1v) is 6.48. The minimum absolute atomic E-state index is 0.986. The molecule has 1 nitrogen and oxygen atoms in total. The third-order valence-corrected chi connectivity index (χ3v) is 3.14. The van der Waals surface area contributed by atoms with E-state index in [2.05, 4.69) is 48.8 Å². The summed E-state index contributed by atoms with van der Waals surface area (Å²) in [5, 5.41) is 2.12. The van der Waals surface area contributed by atoms with Gasteiger partial charge in [-0.25, -0.2) is 0 Å². The molecule has 0 saturated carbocycles. The molecule has 0 aliphatic rings. The van der Waals surface area contributed by atoms with Crippen molar-refractivity contribution in [3.63, 3.8) is 0 Å². The zero-order valence-corrected chi connectivity index (χ0v) is 11.8. The molecular weight excluding hydrogens is 230 g/mol. The minimum atomic E-state index is 0.986. The molecule has 1 heteroatoms. The summed E-state index contributed by atoms with van der Waals surface area (Å²) in [5.74, 6) is 0. The van der Waals surface area contributed by atoms with Crippen LogP contribution in [0.1, 0.15) is 18.2 Å². The molecule has 2 aromatic rings. The van der Waals surface area contributed by atoms with Gasteiger partial charge in [-0.1, -0.05) is 54.6 Å². The predicted octanol–water partition coefficient (Wildman–Crippen LogP) is 3.13. The van der Waals surface area contributed by atoms with E-state index in [0.717, 1.165) is 27.4 Å². The van der Waals surface area contributed by atoms with Gasteiger partial charge in [0.25, 0.3) is 0 Å². The quantitative estimate of drug-likeness (QED) is 0.797. The third-order valence-electron chi connectivity index (χ3n) is 3.14. The molecule has 0 radical (unpaired) electrons. The first-order valence-electron chi connectivity index (χ1n) is 6.48. The summed E-state index contributed by atoms with van der Waals surface area (Å²) in [4.78, 5) is 4.68. The Morgan fingerprint density at radius 2 is 1.79 bits per heavy atom.